The lowest BCUT2D eigenvalue weighted by molar-refractivity contribution is -0.126. The molecule has 1 fully saturated rings. The van der Waals surface area contributed by atoms with Crippen LogP contribution in [0.15, 0.2) is 17.8 Å². The smallest absolute Gasteiger partial charge is 0.239 e. The summed E-state index contributed by atoms with van der Waals surface area (Å²) >= 11 is 1.53. The van der Waals surface area contributed by atoms with E-state index in [0.717, 1.165) is 23.5 Å². The number of hydrogen-bond acceptors (Lipinski definition) is 4. The second kappa shape index (κ2) is 6.91. The lowest BCUT2D eigenvalue weighted by Crippen LogP contribution is -2.43. The standard InChI is InChI=1S/C15H20N4O2S/c20-13(8-12-10-19-6-7-22-15(19)18-12)16-9-14(21)17-11-4-2-1-3-5-11/h6-7,10-11H,1-5,8-9H2,(H,16,20)(H,17,21). The zero-order chi connectivity index (χ0) is 15.4. The van der Waals surface area contributed by atoms with Crippen molar-refractivity contribution < 1.29 is 9.59 Å². The molecule has 1 saturated carbocycles. The molecular weight excluding hydrogens is 300 g/mol. The Bertz CT molecular complexity index is 629. The number of hydrogen-bond donors (Lipinski definition) is 2. The van der Waals surface area contributed by atoms with Crippen LogP contribution in [0.2, 0.25) is 0 Å². The fraction of sp³-hybridized carbons (Fsp3) is 0.533. The van der Waals surface area contributed by atoms with Gasteiger partial charge in [0, 0.05) is 23.8 Å². The van der Waals surface area contributed by atoms with Gasteiger partial charge in [-0.15, -0.1) is 11.3 Å². The van der Waals surface area contributed by atoms with Gasteiger partial charge in [0.15, 0.2) is 4.96 Å². The number of nitrogens with zero attached hydrogens (tertiary/aromatic N) is 2. The molecule has 0 atom stereocenters. The summed E-state index contributed by atoms with van der Waals surface area (Å²) in [5.41, 5.74) is 0.719. The molecule has 2 aromatic heterocycles. The van der Waals surface area contributed by atoms with Crippen LogP contribution in [-0.4, -0.2) is 33.8 Å². The third kappa shape index (κ3) is 3.85. The molecule has 1 aliphatic carbocycles. The Morgan fingerprint density at radius 1 is 1.27 bits per heavy atom. The average molecular weight is 320 g/mol. The van der Waals surface area contributed by atoms with Gasteiger partial charge in [0.25, 0.3) is 0 Å². The highest BCUT2D eigenvalue weighted by Gasteiger charge is 2.16. The molecule has 0 spiro atoms. The Hall–Kier alpha value is -1.89. The molecule has 1 aliphatic rings. The summed E-state index contributed by atoms with van der Waals surface area (Å²) in [6.07, 6.45) is 9.65. The molecule has 0 radical (unpaired) electrons. The van der Waals surface area contributed by atoms with Crippen LogP contribution >= 0.6 is 11.3 Å². The van der Waals surface area contributed by atoms with Crippen molar-refractivity contribution in [3.05, 3.63) is 23.5 Å². The minimum atomic E-state index is -0.176. The summed E-state index contributed by atoms with van der Waals surface area (Å²) in [6, 6.07) is 0.276. The number of imidazole rings is 1. The van der Waals surface area contributed by atoms with Crippen molar-refractivity contribution in [2.24, 2.45) is 0 Å². The van der Waals surface area contributed by atoms with Gasteiger partial charge in [0.1, 0.15) is 0 Å². The van der Waals surface area contributed by atoms with E-state index < -0.39 is 0 Å². The first-order valence-corrected chi connectivity index (χ1v) is 8.56. The van der Waals surface area contributed by atoms with Crippen LogP contribution in [0.4, 0.5) is 0 Å². The first kappa shape index (κ1) is 15.0. The molecule has 6 nitrogen and oxygen atoms in total. The number of aromatic nitrogens is 2. The number of carbonyl (C=O) groups is 2. The first-order valence-electron chi connectivity index (χ1n) is 7.68. The van der Waals surface area contributed by atoms with Gasteiger partial charge in [-0.05, 0) is 12.8 Å². The van der Waals surface area contributed by atoms with Gasteiger partial charge in [-0.1, -0.05) is 19.3 Å². The number of fused-ring (bicyclic) bond motifs is 1. The summed E-state index contributed by atoms with van der Waals surface area (Å²) in [5, 5.41) is 7.59. The van der Waals surface area contributed by atoms with Crippen LogP contribution in [0.3, 0.4) is 0 Å². The summed E-state index contributed by atoms with van der Waals surface area (Å²) in [5.74, 6) is -0.282. The summed E-state index contributed by atoms with van der Waals surface area (Å²) in [6.45, 7) is 0.0392. The molecule has 22 heavy (non-hydrogen) atoms. The SMILES string of the molecule is O=C(Cc1cn2ccsc2n1)NCC(=O)NC1CCCCC1. The Labute approximate surface area is 132 Å². The van der Waals surface area contributed by atoms with Crippen LogP contribution in [-0.2, 0) is 16.0 Å². The van der Waals surface area contributed by atoms with Crippen molar-refractivity contribution in [3.8, 4) is 0 Å². The van der Waals surface area contributed by atoms with Crippen molar-refractivity contribution in [1.29, 1.82) is 0 Å². The van der Waals surface area contributed by atoms with E-state index in [2.05, 4.69) is 15.6 Å². The second-order valence-electron chi connectivity index (χ2n) is 5.68. The Balaban J connectivity index is 1.41. The van der Waals surface area contributed by atoms with Gasteiger partial charge in [-0.2, -0.15) is 0 Å². The Morgan fingerprint density at radius 3 is 2.86 bits per heavy atom. The number of thiazole rings is 1. The molecule has 0 aliphatic heterocycles. The molecule has 2 N–H and O–H groups in total. The number of carbonyl (C=O) groups excluding carboxylic acids is 2. The first-order chi connectivity index (χ1) is 10.7. The predicted octanol–water partition coefficient (Wildman–Crippen LogP) is 1.50. The molecule has 118 valence electrons. The zero-order valence-corrected chi connectivity index (χ0v) is 13.2. The maximum Gasteiger partial charge on any atom is 0.239 e. The molecule has 2 aromatic rings. The lowest BCUT2D eigenvalue weighted by Gasteiger charge is -2.22. The number of amides is 2. The highest BCUT2D eigenvalue weighted by molar-refractivity contribution is 7.15. The molecule has 2 amide bonds. The van der Waals surface area contributed by atoms with Crippen LogP contribution in [0.1, 0.15) is 37.8 Å². The largest absolute Gasteiger partial charge is 0.352 e. The number of rotatable bonds is 5. The summed E-state index contributed by atoms with van der Waals surface area (Å²) < 4.78 is 1.89. The van der Waals surface area contributed by atoms with Crippen molar-refractivity contribution in [2.45, 2.75) is 44.6 Å². The Morgan fingerprint density at radius 2 is 2.09 bits per heavy atom. The summed E-state index contributed by atoms with van der Waals surface area (Å²) in [7, 11) is 0. The van der Waals surface area contributed by atoms with Gasteiger partial charge < -0.3 is 10.6 Å². The lowest BCUT2D eigenvalue weighted by atomic mass is 9.95. The third-order valence-corrected chi connectivity index (χ3v) is 4.67. The third-order valence-electron chi connectivity index (χ3n) is 3.90. The molecule has 0 aromatic carbocycles. The molecule has 7 heteroatoms. The average Bonchev–Trinajstić information content (AvgIpc) is 3.07. The van der Waals surface area contributed by atoms with Gasteiger partial charge >= 0.3 is 0 Å². The van der Waals surface area contributed by atoms with Crippen molar-refractivity contribution in [2.75, 3.05) is 6.54 Å². The van der Waals surface area contributed by atoms with Crippen molar-refractivity contribution in [3.63, 3.8) is 0 Å². The quantitative estimate of drug-likeness (QED) is 0.877. The van der Waals surface area contributed by atoms with E-state index in [4.69, 9.17) is 0 Å². The van der Waals surface area contributed by atoms with Crippen LogP contribution in [0, 0.1) is 0 Å². The normalized spacial score (nSPS) is 15.8. The van der Waals surface area contributed by atoms with Crippen molar-refractivity contribution >= 4 is 28.1 Å². The molecular formula is C15H20N4O2S. The zero-order valence-electron chi connectivity index (χ0n) is 12.4. The highest BCUT2D eigenvalue weighted by Crippen LogP contribution is 2.17. The highest BCUT2D eigenvalue weighted by atomic mass is 32.1. The molecule has 0 unspecified atom stereocenters. The second-order valence-corrected chi connectivity index (χ2v) is 6.55. The van der Waals surface area contributed by atoms with E-state index in [1.165, 1.54) is 30.6 Å². The predicted molar refractivity (Wildman–Crippen MR) is 84.8 cm³/mol. The van der Waals surface area contributed by atoms with Gasteiger partial charge in [-0.25, -0.2) is 4.98 Å². The molecule has 0 saturated heterocycles. The van der Waals surface area contributed by atoms with E-state index >= 15 is 0 Å². The van der Waals surface area contributed by atoms with Crippen LogP contribution in [0.5, 0.6) is 0 Å². The van der Waals surface area contributed by atoms with E-state index in [0.29, 0.717) is 0 Å². The minimum Gasteiger partial charge on any atom is -0.352 e. The van der Waals surface area contributed by atoms with Gasteiger partial charge in [0.2, 0.25) is 11.8 Å². The molecule has 0 bridgehead atoms. The maximum atomic E-state index is 11.9. The van der Waals surface area contributed by atoms with Crippen molar-refractivity contribution in [1.82, 2.24) is 20.0 Å². The fourth-order valence-electron chi connectivity index (χ4n) is 2.79. The van der Waals surface area contributed by atoms with Gasteiger partial charge in [0.05, 0.1) is 18.7 Å². The fourth-order valence-corrected chi connectivity index (χ4v) is 3.51. The van der Waals surface area contributed by atoms with E-state index in [1.54, 1.807) is 0 Å². The van der Waals surface area contributed by atoms with Gasteiger partial charge in [-0.3, -0.25) is 14.0 Å². The minimum absolute atomic E-state index is 0.0392. The van der Waals surface area contributed by atoms with Crippen LogP contribution in [0.25, 0.3) is 4.96 Å². The monoisotopic (exact) mass is 320 g/mol. The van der Waals surface area contributed by atoms with E-state index in [-0.39, 0.29) is 30.8 Å². The summed E-state index contributed by atoms with van der Waals surface area (Å²) in [4.78, 5) is 28.9. The van der Waals surface area contributed by atoms with E-state index in [9.17, 15) is 9.59 Å². The Kier molecular flexibility index (Phi) is 4.72. The topological polar surface area (TPSA) is 75.5 Å². The molecule has 2 heterocycles. The maximum absolute atomic E-state index is 11.9. The number of nitrogens with one attached hydrogen (secondary N) is 2. The van der Waals surface area contributed by atoms with Crippen LogP contribution < -0.4 is 10.6 Å². The molecule has 3 rings (SSSR count). The van der Waals surface area contributed by atoms with E-state index in [1.807, 2.05) is 22.2 Å².